The fourth-order valence-electron chi connectivity index (χ4n) is 0.902. The molecule has 0 amide bonds. The van der Waals surface area contributed by atoms with Crippen LogP contribution in [0.25, 0.3) is 0 Å². The molecule has 4 heteroatoms. The molecule has 0 saturated heterocycles. The van der Waals surface area contributed by atoms with Crippen molar-refractivity contribution < 1.29 is 20.0 Å². The van der Waals surface area contributed by atoms with Gasteiger partial charge in [0, 0.05) is 5.56 Å². The van der Waals surface area contributed by atoms with E-state index in [9.17, 15) is 4.79 Å². The summed E-state index contributed by atoms with van der Waals surface area (Å²) in [6.07, 6.45) is -0.156. The van der Waals surface area contributed by atoms with Crippen molar-refractivity contribution in [3.05, 3.63) is 29.8 Å². The number of hydrogen-bond donors (Lipinski definition) is 2. The summed E-state index contributed by atoms with van der Waals surface area (Å²) in [5.74, 6) is -0.778. The number of para-hydroxylation sites is 1. The average molecular weight is 168 g/mol. The van der Waals surface area contributed by atoms with Gasteiger partial charge in [-0.15, -0.1) is 0 Å². The molecule has 0 radical (unpaired) electrons. The van der Waals surface area contributed by atoms with Crippen molar-refractivity contribution in [2.75, 3.05) is 0 Å². The number of rotatable bonds is 3. The second-order valence-corrected chi connectivity index (χ2v) is 2.27. The molecule has 0 aromatic heterocycles. The number of hydrogen-bond acceptors (Lipinski definition) is 3. The van der Waals surface area contributed by atoms with E-state index in [2.05, 4.69) is 4.89 Å². The SMILES string of the molecule is O=C(O)Cc1ccccc1OO. The summed E-state index contributed by atoms with van der Waals surface area (Å²) >= 11 is 0. The lowest BCUT2D eigenvalue weighted by Gasteiger charge is -2.01. The van der Waals surface area contributed by atoms with Gasteiger partial charge in [0.25, 0.3) is 0 Å². The normalized spacial score (nSPS) is 9.42. The van der Waals surface area contributed by atoms with Gasteiger partial charge in [-0.1, -0.05) is 18.2 Å². The zero-order valence-corrected chi connectivity index (χ0v) is 6.23. The van der Waals surface area contributed by atoms with Gasteiger partial charge in [-0.3, -0.25) is 4.79 Å². The highest BCUT2D eigenvalue weighted by molar-refractivity contribution is 5.71. The van der Waals surface area contributed by atoms with E-state index >= 15 is 0 Å². The fraction of sp³-hybridized carbons (Fsp3) is 0.125. The van der Waals surface area contributed by atoms with Crippen LogP contribution in [0, 0.1) is 0 Å². The molecule has 64 valence electrons. The Balaban J connectivity index is 2.89. The van der Waals surface area contributed by atoms with Crippen molar-refractivity contribution >= 4 is 5.97 Å². The van der Waals surface area contributed by atoms with E-state index in [1.165, 1.54) is 6.07 Å². The van der Waals surface area contributed by atoms with Gasteiger partial charge in [0.15, 0.2) is 5.75 Å². The van der Waals surface area contributed by atoms with Crippen molar-refractivity contribution in [3.8, 4) is 5.75 Å². The highest BCUT2D eigenvalue weighted by Gasteiger charge is 2.06. The second-order valence-electron chi connectivity index (χ2n) is 2.27. The van der Waals surface area contributed by atoms with Gasteiger partial charge >= 0.3 is 5.97 Å². The molecule has 1 aromatic rings. The van der Waals surface area contributed by atoms with Gasteiger partial charge < -0.3 is 9.99 Å². The van der Waals surface area contributed by atoms with Crippen LogP contribution in [0.2, 0.25) is 0 Å². The molecule has 0 aliphatic carbocycles. The molecule has 1 rings (SSSR count). The number of carboxylic acids is 1. The Morgan fingerprint density at radius 2 is 2.08 bits per heavy atom. The number of carbonyl (C=O) groups is 1. The molecule has 2 N–H and O–H groups in total. The Bertz CT molecular complexity index is 282. The third-order valence-electron chi connectivity index (χ3n) is 1.41. The lowest BCUT2D eigenvalue weighted by atomic mass is 10.1. The quantitative estimate of drug-likeness (QED) is 0.525. The maximum Gasteiger partial charge on any atom is 0.307 e. The standard InChI is InChI=1S/C8H8O4/c9-8(10)5-6-3-1-2-4-7(6)12-11/h1-4,11H,5H2,(H,9,10). The van der Waals surface area contributed by atoms with Gasteiger partial charge in [0.05, 0.1) is 6.42 Å². The van der Waals surface area contributed by atoms with Crippen molar-refractivity contribution in [2.45, 2.75) is 6.42 Å². The largest absolute Gasteiger partial charge is 0.481 e. The van der Waals surface area contributed by atoms with Crippen LogP contribution in [0.1, 0.15) is 5.56 Å². The number of benzene rings is 1. The van der Waals surface area contributed by atoms with Crippen LogP contribution in [0.4, 0.5) is 0 Å². The minimum atomic E-state index is -0.959. The monoisotopic (exact) mass is 168 g/mol. The van der Waals surface area contributed by atoms with Crippen LogP contribution >= 0.6 is 0 Å². The molecule has 0 heterocycles. The van der Waals surface area contributed by atoms with Gasteiger partial charge in [0.2, 0.25) is 0 Å². The topological polar surface area (TPSA) is 66.8 Å². The molecular formula is C8H8O4. The number of carboxylic acid groups (broad SMARTS) is 1. The minimum Gasteiger partial charge on any atom is -0.481 e. The molecule has 0 spiro atoms. The van der Waals surface area contributed by atoms with E-state index in [0.717, 1.165) is 0 Å². The highest BCUT2D eigenvalue weighted by Crippen LogP contribution is 2.17. The van der Waals surface area contributed by atoms with E-state index in [4.69, 9.17) is 10.4 Å². The summed E-state index contributed by atoms with van der Waals surface area (Å²) in [5.41, 5.74) is 0.451. The fourth-order valence-corrected chi connectivity index (χ4v) is 0.902. The lowest BCUT2D eigenvalue weighted by molar-refractivity contribution is -0.140. The lowest BCUT2D eigenvalue weighted by Crippen LogP contribution is -2.01. The molecule has 0 unspecified atom stereocenters. The molecule has 0 saturated carbocycles. The van der Waals surface area contributed by atoms with E-state index in [0.29, 0.717) is 5.56 Å². The summed E-state index contributed by atoms with van der Waals surface area (Å²) in [7, 11) is 0. The zero-order chi connectivity index (χ0) is 8.97. The second kappa shape index (κ2) is 3.73. The molecule has 0 aliphatic heterocycles. The predicted octanol–water partition coefficient (Wildman–Crippen LogP) is 1.17. The predicted molar refractivity (Wildman–Crippen MR) is 41.0 cm³/mol. The molecule has 0 atom stereocenters. The first kappa shape index (κ1) is 8.55. The molecule has 0 bridgehead atoms. The Morgan fingerprint density at radius 3 is 2.67 bits per heavy atom. The van der Waals surface area contributed by atoms with E-state index in [-0.39, 0.29) is 12.2 Å². The highest BCUT2D eigenvalue weighted by atomic mass is 17.1. The van der Waals surface area contributed by atoms with Crippen molar-refractivity contribution in [1.82, 2.24) is 0 Å². The van der Waals surface area contributed by atoms with E-state index in [1.54, 1.807) is 18.2 Å². The Morgan fingerprint density at radius 1 is 1.42 bits per heavy atom. The van der Waals surface area contributed by atoms with Crippen LogP contribution in [0.5, 0.6) is 5.75 Å². The van der Waals surface area contributed by atoms with Crippen LogP contribution in [-0.2, 0) is 11.2 Å². The molecular weight excluding hydrogens is 160 g/mol. The van der Waals surface area contributed by atoms with E-state index in [1.807, 2.05) is 0 Å². The zero-order valence-electron chi connectivity index (χ0n) is 6.23. The third-order valence-corrected chi connectivity index (χ3v) is 1.41. The summed E-state index contributed by atoms with van der Waals surface area (Å²) in [4.78, 5) is 14.3. The molecule has 0 fully saturated rings. The van der Waals surface area contributed by atoms with Gasteiger partial charge in [-0.2, -0.15) is 0 Å². The van der Waals surface area contributed by atoms with Crippen LogP contribution < -0.4 is 4.89 Å². The Labute approximate surface area is 69.0 Å². The van der Waals surface area contributed by atoms with Crippen molar-refractivity contribution in [2.24, 2.45) is 0 Å². The molecule has 1 aromatic carbocycles. The molecule has 4 nitrogen and oxygen atoms in total. The van der Waals surface area contributed by atoms with Crippen molar-refractivity contribution in [3.63, 3.8) is 0 Å². The third kappa shape index (κ3) is 1.96. The Hall–Kier alpha value is -1.55. The van der Waals surface area contributed by atoms with Crippen LogP contribution in [-0.4, -0.2) is 16.3 Å². The average Bonchev–Trinajstić information content (AvgIpc) is 2.04. The molecule has 12 heavy (non-hydrogen) atoms. The maximum atomic E-state index is 10.3. The first-order chi connectivity index (χ1) is 5.74. The molecule has 0 aliphatic rings. The minimum absolute atomic E-state index is 0.156. The van der Waals surface area contributed by atoms with Crippen LogP contribution in [0.3, 0.4) is 0 Å². The van der Waals surface area contributed by atoms with Gasteiger partial charge in [-0.25, -0.2) is 5.26 Å². The van der Waals surface area contributed by atoms with Crippen molar-refractivity contribution in [1.29, 1.82) is 0 Å². The maximum absolute atomic E-state index is 10.3. The first-order valence-corrected chi connectivity index (χ1v) is 3.35. The summed E-state index contributed by atoms with van der Waals surface area (Å²) < 4.78 is 0. The number of aliphatic carboxylic acids is 1. The smallest absolute Gasteiger partial charge is 0.307 e. The summed E-state index contributed by atoms with van der Waals surface area (Å²) in [6.45, 7) is 0. The van der Waals surface area contributed by atoms with E-state index < -0.39 is 5.97 Å². The summed E-state index contributed by atoms with van der Waals surface area (Å²) in [6, 6.07) is 6.41. The summed E-state index contributed by atoms with van der Waals surface area (Å²) in [5, 5.41) is 16.8. The Kier molecular flexibility index (Phi) is 2.66. The van der Waals surface area contributed by atoms with Gasteiger partial charge in [0.1, 0.15) is 0 Å². The van der Waals surface area contributed by atoms with Gasteiger partial charge in [-0.05, 0) is 6.07 Å². The first-order valence-electron chi connectivity index (χ1n) is 3.35. The van der Waals surface area contributed by atoms with Crippen LogP contribution in [0.15, 0.2) is 24.3 Å².